The van der Waals surface area contributed by atoms with Crippen LogP contribution < -0.4 is 10.1 Å². The summed E-state index contributed by atoms with van der Waals surface area (Å²) in [5.74, 6) is 0.261. The molecule has 0 spiro atoms. The standard InChI is InChI=1S/C20H20Cl2N2O2/c1-3-18(26-19-8-7-13(21)11-16(19)22)20(25)24-12(2)14-5-4-6-17-15(14)9-10-23-17/h4-12,18,23H,3H2,1-2H3,(H,24,25). The van der Waals surface area contributed by atoms with Crippen LogP contribution in [0, 0.1) is 0 Å². The van der Waals surface area contributed by atoms with Crippen LogP contribution in [0.3, 0.4) is 0 Å². The third kappa shape index (κ3) is 3.97. The zero-order valence-electron chi connectivity index (χ0n) is 14.6. The maximum atomic E-state index is 12.7. The van der Waals surface area contributed by atoms with Crippen molar-refractivity contribution in [2.75, 3.05) is 0 Å². The van der Waals surface area contributed by atoms with E-state index in [-0.39, 0.29) is 11.9 Å². The molecule has 0 saturated heterocycles. The van der Waals surface area contributed by atoms with E-state index in [9.17, 15) is 4.79 Å². The fourth-order valence-corrected chi connectivity index (χ4v) is 3.37. The van der Waals surface area contributed by atoms with E-state index in [0.717, 1.165) is 16.5 Å². The van der Waals surface area contributed by atoms with E-state index in [1.807, 2.05) is 44.3 Å². The van der Waals surface area contributed by atoms with E-state index in [1.54, 1.807) is 18.2 Å². The van der Waals surface area contributed by atoms with Crippen molar-refractivity contribution in [3.05, 3.63) is 64.3 Å². The topological polar surface area (TPSA) is 54.1 Å². The van der Waals surface area contributed by atoms with Crippen LogP contribution in [0.15, 0.2) is 48.7 Å². The van der Waals surface area contributed by atoms with Crippen LogP contribution in [0.1, 0.15) is 31.9 Å². The van der Waals surface area contributed by atoms with Crippen molar-refractivity contribution < 1.29 is 9.53 Å². The van der Waals surface area contributed by atoms with Gasteiger partial charge in [0, 0.05) is 22.1 Å². The maximum Gasteiger partial charge on any atom is 0.261 e. The van der Waals surface area contributed by atoms with E-state index in [1.165, 1.54) is 0 Å². The van der Waals surface area contributed by atoms with Crippen molar-refractivity contribution in [2.24, 2.45) is 0 Å². The number of fused-ring (bicyclic) bond motifs is 1. The minimum Gasteiger partial charge on any atom is -0.479 e. The van der Waals surface area contributed by atoms with Gasteiger partial charge in [0.1, 0.15) is 5.75 Å². The van der Waals surface area contributed by atoms with Crippen LogP contribution in [0.2, 0.25) is 10.0 Å². The molecule has 2 atom stereocenters. The number of hydrogen-bond donors (Lipinski definition) is 2. The van der Waals surface area contributed by atoms with Gasteiger partial charge >= 0.3 is 0 Å². The first kappa shape index (κ1) is 18.6. The van der Waals surface area contributed by atoms with Gasteiger partial charge in [-0.25, -0.2) is 0 Å². The molecule has 3 rings (SSSR count). The van der Waals surface area contributed by atoms with Gasteiger partial charge in [0.2, 0.25) is 0 Å². The average Bonchev–Trinajstić information content (AvgIpc) is 3.09. The molecular weight excluding hydrogens is 371 g/mol. The maximum absolute atomic E-state index is 12.7. The zero-order valence-corrected chi connectivity index (χ0v) is 16.1. The molecule has 6 heteroatoms. The number of hydrogen-bond acceptors (Lipinski definition) is 2. The molecule has 0 fully saturated rings. The molecule has 1 aromatic heterocycles. The van der Waals surface area contributed by atoms with E-state index >= 15 is 0 Å². The van der Waals surface area contributed by atoms with Gasteiger partial charge < -0.3 is 15.0 Å². The fourth-order valence-electron chi connectivity index (χ4n) is 2.92. The highest BCUT2D eigenvalue weighted by atomic mass is 35.5. The molecular formula is C20H20Cl2N2O2. The molecule has 0 aliphatic rings. The van der Waals surface area contributed by atoms with Crippen molar-refractivity contribution in [3.63, 3.8) is 0 Å². The summed E-state index contributed by atoms with van der Waals surface area (Å²) < 4.78 is 5.81. The van der Waals surface area contributed by atoms with Crippen molar-refractivity contribution in [1.29, 1.82) is 0 Å². The van der Waals surface area contributed by atoms with Gasteiger partial charge in [-0.2, -0.15) is 0 Å². The molecule has 1 amide bonds. The first-order chi connectivity index (χ1) is 12.5. The number of carbonyl (C=O) groups excluding carboxylic acids is 1. The van der Waals surface area contributed by atoms with Gasteiger partial charge in [-0.05, 0) is 49.2 Å². The Morgan fingerprint density at radius 1 is 1.23 bits per heavy atom. The quantitative estimate of drug-likeness (QED) is 0.582. The lowest BCUT2D eigenvalue weighted by molar-refractivity contribution is -0.128. The summed E-state index contributed by atoms with van der Waals surface area (Å²) in [5, 5.41) is 5.03. The van der Waals surface area contributed by atoms with E-state index in [0.29, 0.717) is 22.2 Å². The smallest absolute Gasteiger partial charge is 0.261 e. The molecule has 0 bridgehead atoms. The van der Waals surface area contributed by atoms with Crippen LogP contribution in [-0.4, -0.2) is 17.0 Å². The lowest BCUT2D eigenvalue weighted by Gasteiger charge is -2.21. The predicted molar refractivity (Wildman–Crippen MR) is 106 cm³/mol. The van der Waals surface area contributed by atoms with E-state index in [2.05, 4.69) is 10.3 Å². The van der Waals surface area contributed by atoms with Gasteiger partial charge in [-0.3, -0.25) is 4.79 Å². The Hall–Kier alpha value is -2.17. The van der Waals surface area contributed by atoms with Gasteiger partial charge in [0.15, 0.2) is 6.10 Å². The molecule has 2 aromatic carbocycles. The predicted octanol–water partition coefficient (Wildman–Crippen LogP) is 5.51. The van der Waals surface area contributed by atoms with Crippen LogP contribution >= 0.6 is 23.2 Å². The molecule has 26 heavy (non-hydrogen) atoms. The number of aromatic nitrogens is 1. The third-order valence-electron chi connectivity index (χ3n) is 4.28. The second-order valence-electron chi connectivity index (χ2n) is 6.11. The van der Waals surface area contributed by atoms with Gasteiger partial charge in [0.05, 0.1) is 11.1 Å². The Kier molecular flexibility index (Phi) is 5.74. The largest absolute Gasteiger partial charge is 0.479 e. The highest BCUT2D eigenvalue weighted by molar-refractivity contribution is 6.35. The average molecular weight is 391 g/mol. The Morgan fingerprint density at radius 2 is 2.04 bits per heavy atom. The van der Waals surface area contributed by atoms with Crippen LogP contribution in [0.5, 0.6) is 5.75 Å². The normalized spacial score (nSPS) is 13.4. The SMILES string of the molecule is CCC(Oc1ccc(Cl)cc1Cl)C(=O)NC(C)c1cccc2[nH]ccc12. The van der Waals surface area contributed by atoms with Crippen LogP contribution in [-0.2, 0) is 4.79 Å². The lowest BCUT2D eigenvalue weighted by atomic mass is 10.0. The Balaban J connectivity index is 1.73. The van der Waals surface area contributed by atoms with Crippen molar-refractivity contribution >= 4 is 40.0 Å². The summed E-state index contributed by atoms with van der Waals surface area (Å²) in [4.78, 5) is 15.9. The summed E-state index contributed by atoms with van der Waals surface area (Å²) >= 11 is 12.0. The number of carbonyl (C=O) groups is 1. The van der Waals surface area contributed by atoms with Gasteiger partial charge in [-0.1, -0.05) is 42.3 Å². The number of amides is 1. The van der Waals surface area contributed by atoms with E-state index < -0.39 is 6.10 Å². The summed E-state index contributed by atoms with van der Waals surface area (Å²) in [5.41, 5.74) is 2.09. The molecule has 0 aliphatic carbocycles. The molecule has 3 aromatic rings. The third-order valence-corrected chi connectivity index (χ3v) is 4.81. The fraction of sp³-hybridized carbons (Fsp3) is 0.250. The minimum absolute atomic E-state index is 0.152. The number of halogens is 2. The highest BCUT2D eigenvalue weighted by Gasteiger charge is 2.22. The van der Waals surface area contributed by atoms with Crippen LogP contribution in [0.25, 0.3) is 10.9 Å². The number of ether oxygens (including phenoxy) is 1. The molecule has 2 unspecified atom stereocenters. The first-order valence-electron chi connectivity index (χ1n) is 8.47. The molecule has 2 N–H and O–H groups in total. The molecule has 4 nitrogen and oxygen atoms in total. The van der Waals surface area contributed by atoms with Crippen molar-refractivity contribution in [2.45, 2.75) is 32.4 Å². The summed E-state index contributed by atoms with van der Waals surface area (Å²) in [6, 6.07) is 12.8. The van der Waals surface area contributed by atoms with Gasteiger partial charge in [-0.15, -0.1) is 0 Å². The Labute approximate surface area is 162 Å². The number of aromatic amines is 1. The molecule has 1 heterocycles. The number of H-pyrrole nitrogens is 1. The van der Waals surface area contributed by atoms with Crippen molar-refractivity contribution in [3.8, 4) is 5.75 Å². The molecule has 0 aliphatic heterocycles. The molecule has 0 saturated carbocycles. The molecule has 136 valence electrons. The van der Waals surface area contributed by atoms with Crippen LogP contribution in [0.4, 0.5) is 0 Å². The number of rotatable bonds is 6. The summed E-state index contributed by atoms with van der Waals surface area (Å²) in [6.07, 6.45) is 1.77. The zero-order chi connectivity index (χ0) is 18.7. The first-order valence-corrected chi connectivity index (χ1v) is 9.23. The van der Waals surface area contributed by atoms with Gasteiger partial charge in [0.25, 0.3) is 5.91 Å². The second kappa shape index (κ2) is 8.02. The number of benzene rings is 2. The monoisotopic (exact) mass is 390 g/mol. The van der Waals surface area contributed by atoms with Crippen molar-refractivity contribution in [1.82, 2.24) is 10.3 Å². The molecule has 0 radical (unpaired) electrons. The van der Waals surface area contributed by atoms with E-state index in [4.69, 9.17) is 27.9 Å². The Morgan fingerprint density at radius 3 is 2.77 bits per heavy atom. The minimum atomic E-state index is -0.637. The lowest BCUT2D eigenvalue weighted by Crippen LogP contribution is -2.39. The second-order valence-corrected chi connectivity index (χ2v) is 6.95. The number of nitrogens with one attached hydrogen (secondary N) is 2. The Bertz CT molecular complexity index is 923. The highest BCUT2D eigenvalue weighted by Crippen LogP contribution is 2.29. The summed E-state index contributed by atoms with van der Waals surface area (Å²) in [7, 11) is 0. The summed E-state index contributed by atoms with van der Waals surface area (Å²) in [6.45, 7) is 3.85.